The van der Waals surface area contributed by atoms with Crippen LogP contribution in [-0.4, -0.2) is 40.9 Å². The predicted octanol–water partition coefficient (Wildman–Crippen LogP) is 2.46. The van der Waals surface area contributed by atoms with Crippen molar-refractivity contribution in [3.05, 3.63) is 34.6 Å². The summed E-state index contributed by atoms with van der Waals surface area (Å²) in [7, 11) is 1.65. The quantitative estimate of drug-likeness (QED) is 0.574. The largest absolute Gasteiger partial charge is 0.385 e. The first kappa shape index (κ1) is 17.4. The number of ether oxygens (including phenoxy) is 1. The average molecular weight is 334 g/mol. The average Bonchev–Trinajstić information content (AvgIpc) is 2.90. The summed E-state index contributed by atoms with van der Waals surface area (Å²) < 4.78 is 7.33. The molecular formula is C16H22N4O2S. The maximum atomic E-state index is 11.9. The molecule has 0 fully saturated rings. The molecule has 6 nitrogen and oxygen atoms in total. The van der Waals surface area contributed by atoms with Gasteiger partial charge in [-0.05, 0) is 31.6 Å². The lowest BCUT2D eigenvalue weighted by Crippen LogP contribution is -2.26. The van der Waals surface area contributed by atoms with E-state index in [0.717, 1.165) is 23.4 Å². The van der Waals surface area contributed by atoms with Gasteiger partial charge < -0.3 is 10.1 Å². The third-order valence-corrected chi connectivity index (χ3v) is 3.76. The lowest BCUT2D eigenvalue weighted by atomic mass is 10.1. The number of H-pyrrole nitrogens is 1. The molecule has 0 saturated heterocycles. The summed E-state index contributed by atoms with van der Waals surface area (Å²) in [6, 6.07) is 8.04. The Bertz CT molecular complexity index is 708. The predicted molar refractivity (Wildman–Crippen MR) is 91.7 cm³/mol. The number of methoxy groups -OCH3 is 1. The van der Waals surface area contributed by atoms with Crippen LogP contribution in [0.3, 0.4) is 0 Å². The lowest BCUT2D eigenvalue weighted by Gasteiger charge is -2.08. The van der Waals surface area contributed by atoms with Crippen LogP contribution in [0.2, 0.25) is 0 Å². The molecule has 0 saturated carbocycles. The molecule has 0 unspecified atom stereocenters. The van der Waals surface area contributed by atoms with E-state index in [1.165, 1.54) is 0 Å². The Kier molecular flexibility index (Phi) is 6.49. The molecule has 1 aromatic carbocycles. The highest BCUT2D eigenvalue weighted by Gasteiger charge is 2.10. The maximum Gasteiger partial charge on any atom is 0.221 e. The molecule has 7 heteroatoms. The number of carbonyl (C=O) groups is 1. The number of benzene rings is 1. The number of carbonyl (C=O) groups excluding carboxylic acids is 1. The second-order valence-electron chi connectivity index (χ2n) is 5.32. The second-order valence-corrected chi connectivity index (χ2v) is 5.71. The van der Waals surface area contributed by atoms with Crippen molar-refractivity contribution in [2.75, 3.05) is 20.3 Å². The highest BCUT2D eigenvalue weighted by atomic mass is 32.1. The molecule has 0 bridgehead atoms. The summed E-state index contributed by atoms with van der Waals surface area (Å²) in [5.74, 6) is 0.755. The summed E-state index contributed by atoms with van der Waals surface area (Å²) in [5, 5.41) is 9.97. The fourth-order valence-corrected chi connectivity index (χ4v) is 2.50. The highest BCUT2D eigenvalue weighted by molar-refractivity contribution is 7.71. The minimum Gasteiger partial charge on any atom is -0.385 e. The van der Waals surface area contributed by atoms with Gasteiger partial charge in [-0.2, -0.15) is 5.10 Å². The number of aromatic nitrogens is 3. The first-order chi connectivity index (χ1) is 11.1. The smallest absolute Gasteiger partial charge is 0.221 e. The van der Waals surface area contributed by atoms with Gasteiger partial charge in [-0.1, -0.05) is 23.8 Å². The van der Waals surface area contributed by atoms with Gasteiger partial charge in [-0.3, -0.25) is 14.5 Å². The molecule has 0 aliphatic heterocycles. The van der Waals surface area contributed by atoms with E-state index in [1.54, 1.807) is 7.11 Å². The Morgan fingerprint density at radius 1 is 1.48 bits per heavy atom. The van der Waals surface area contributed by atoms with Crippen molar-refractivity contribution in [1.82, 2.24) is 20.1 Å². The molecule has 2 rings (SSSR count). The zero-order valence-electron chi connectivity index (χ0n) is 13.5. The third kappa shape index (κ3) is 5.01. The second kappa shape index (κ2) is 8.59. The molecule has 0 aliphatic carbocycles. The number of amides is 1. The molecule has 1 heterocycles. The molecular weight excluding hydrogens is 312 g/mol. The van der Waals surface area contributed by atoms with E-state index in [9.17, 15) is 4.79 Å². The van der Waals surface area contributed by atoms with E-state index in [2.05, 4.69) is 15.5 Å². The van der Waals surface area contributed by atoms with Crippen LogP contribution >= 0.6 is 12.2 Å². The van der Waals surface area contributed by atoms with Gasteiger partial charge in [0.05, 0.1) is 0 Å². The minimum absolute atomic E-state index is 0.000560. The summed E-state index contributed by atoms with van der Waals surface area (Å²) >= 11 is 5.28. The van der Waals surface area contributed by atoms with Crippen molar-refractivity contribution in [3.63, 3.8) is 0 Å². The third-order valence-electron chi connectivity index (χ3n) is 3.44. The number of nitrogens with one attached hydrogen (secondary N) is 2. The van der Waals surface area contributed by atoms with E-state index in [1.807, 2.05) is 35.8 Å². The van der Waals surface area contributed by atoms with Gasteiger partial charge in [0.1, 0.15) is 0 Å². The van der Waals surface area contributed by atoms with Crippen LogP contribution in [0.5, 0.6) is 0 Å². The molecule has 0 radical (unpaired) electrons. The molecule has 1 aromatic heterocycles. The first-order valence-corrected chi connectivity index (χ1v) is 8.00. The number of hydrogen-bond donors (Lipinski definition) is 2. The van der Waals surface area contributed by atoms with Gasteiger partial charge in [-0.25, -0.2) is 0 Å². The molecule has 23 heavy (non-hydrogen) atoms. The molecule has 0 spiro atoms. The van der Waals surface area contributed by atoms with Crippen molar-refractivity contribution in [2.45, 2.75) is 26.3 Å². The van der Waals surface area contributed by atoms with Gasteiger partial charge in [0.2, 0.25) is 5.91 Å². The van der Waals surface area contributed by atoms with Crippen molar-refractivity contribution >= 4 is 18.1 Å². The van der Waals surface area contributed by atoms with Crippen LogP contribution in [0, 0.1) is 11.7 Å². The number of aryl methyl sites for hydroxylation is 1. The monoisotopic (exact) mass is 334 g/mol. The Morgan fingerprint density at radius 3 is 3.04 bits per heavy atom. The Labute approximate surface area is 140 Å². The zero-order chi connectivity index (χ0) is 16.7. The minimum atomic E-state index is -0.000560. The van der Waals surface area contributed by atoms with Crippen LogP contribution in [0.1, 0.15) is 18.4 Å². The summed E-state index contributed by atoms with van der Waals surface area (Å²) in [5.41, 5.74) is 2.14. The first-order valence-electron chi connectivity index (χ1n) is 7.59. The summed E-state index contributed by atoms with van der Waals surface area (Å²) in [6.45, 7) is 3.79. The molecule has 2 N–H and O–H groups in total. The Balaban J connectivity index is 1.99. The van der Waals surface area contributed by atoms with Crippen molar-refractivity contribution in [3.8, 4) is 11.4 Å². The highest BCUT2D eigenvalue weighted by Crippen LogP contribution is 2.18. The Hall–Kier alpha value is -1.99. The number of rotatable bonds is 8. The lowest BCUT2D eigenvalue weighted by molar-refractivity contribution is -0.121. The van der Waals surface area contributed by atoms with Gasteiger partial charge in [-0.15, -0.1) is 0 Å². The number of hydrogen-bond acceptors (Lipinski definition) is 4. The van der Waals surface area contributed by atoms with Crippen LogP contribution in [0.25, 0.3) is 11.4 Å². The van der Waals surface area contributed by atoms with Crippen molar-refractivity contribution in [1.29, 1.82) is 0 Å². The summed E-state index contributed by atoms with van der Waals surface area (Å²) in [6.07, 6.45) is 1.17. The number of aromatic amines is 1. The van der Waals surface area contributed by atoms with Crippen LogP contribution in [0.15, 0.2) is 24.3 Å². The number of nitrogens with zero attached hydrogens (tertiary/aromatic N) is 2. The van der Waals surface area contributed by atoms with Crippen LogP contribution < -0.4 is 5.32 Å². The topological polar surface area (TPSA) is 71.9 Å². The SMILES string of the molecule is COCCCNC(=O)CCn1c(-c2cccc(C)c2)n[nH]c1=S. The van der Waals surface area contributed by atoms with E-state index in [4.69, 9.17) is 17.0 Å². The fraction of sp³-hybridized carbons (Fsp3) is 0.438. The Morgan fingerprint density at radius 2 is 2.30 bits per heavy atom. The van der Waals surface area contributed by atoms with Crippen molar-refractivity contribution < 1.29 is 9.53 Å². The standard InChI is InChI=1S/C16H22N4O2S/c1-12-5-3-6-13(11-12)15-18-19-16(23)20(15)9-7-14(21)17-8-4-10-22-2/h3,5-6,11H,4,7-10H2,1-2H3,(H,17,21)(H,19,23). The molecule has 124 valence electrons. The van der Waals surface area contributed by atoms with E-state index < -0.39 is 0 Å². The fourth-order valence-electron chi connectivity index (χ4n) is 2.28. The van der Waals surface area contributed by atoms with Gasteiger partial charge in [0.15, 0.2) is 10.6 Å². The molecule has 1 amide bonds. The maximum absolute atomic E-state index is 11.9. The van der Waals surface area contributed by atoms with Crippen LogP contribution in [0.4, 0.5) is 0 Å². The van der Waals surface area contributed by atoms with Crippen LogP contribution in [-0.2, 0) is 16.1 Å². The molecule has 0 aliphatic rings. The van der Waals surface area contributed by atoms with Gasteiger partial charge >= 0.3 is 0 Å². The van der Waals surface area contributed by atoms with Gasteiger partial charge in [0, 0.05) is 38.8 Å². The summed E-state index contributed by atoms with van der Waals surface area (Å²) in [4.78, 5) is 11.9. The van der Waals surface area contributed by atoms with E-state index >= 15 is 0 Å². The molecule has 2 aromatic rings. The van der Waals surface area contributed by atoms with Gasteiger partial charge in [0.25, 0.3) is 0 Å². The normalized spacial score (nSPS) is 10.7. The van der Waals surface area contributed by atoms with E-state index in [-0.39, 0.29) is 5.91 Å². The van der Waals surface area contributed by atoms with E-state index in [0.29, 0.717) is 30.9 Å². The molecule has 0 atom stereocenters. The zero-order valence-corrected chi connectivity index (χ0v) is 14.3. The van der Waals surface area contributed by atoms with Crippen molar-refractivity contribution in [2.24, 2.45) is 0 Å².